The molecule has 0 radical (unpaired) electrons. The van der Waals surface area contributed by atoms with Crippen LogP contribution in [0.15, 0.2) is 42.5 Å². The van der Waals surface area contributed by atoms with Crippen LogP contribution >= 0.6 is 0 Å². The monoisotopic (exact) mass is 337 g/mol. The van der Waals surface area contributed by atoms with E-state index in [2.05, 4.69) is 0 Å². The summed E-state index contributed by atoms with van der Waals surface area (Å²) in [6.45, 7) is 6.89. The number of ether oxygens (including phenoxy) is 1. The molecule has 1 heterocycles. The lowest BCUT2D eigenvalue weighted by molar-refractivity contribution is -0.139. The third-order valence-electron chi connectivity index (χ3n) is 4.58. The van der Waals surface area contributed by atoms with Crippen molar-refractivity contribution in [2.24, 2.45) is 5.92 Å². The van der Waals surface area contributed by atoms with Crippen molar-refractivity contribution in [3.05, 3.63) is 64.7 Å². The Bertz CT molecular complexity index is 795. The number of rotatable bonds is 4. The van der Waals surface area contributed by atoms with Crippen LogP contribution in [0.4, 0.5) is 0 Å². The fraction of sp³-hybridized carbons (Fsp3) is 0.333. The number of hydrogen-bond acceptors (Lipinski definition) is 3. The molecule has 1 aliphatic heterocycles. The van der Waals surface area contributed by atoms with Gasteiger partial charge in [0, 0.05) is 19.5 Å². The molecule has 0 bridgehead atoms. The van der Waals surface area contributed by atoms with Crippen LogP contribution in [-0.2, 0) is 16.1 Å². The second-order valence-electron chi connectivity index (χ2n) is 6.85. The van der Waals surface area contributed by atoms with Crippen LogP contribution < -0.4 is 4.74 Å². The summed E-state index contributed by atoms with van der Waals surface area (Å²) >= 11 is 0. The van der Waals surface area contributed by atoms with Crippen LogP contribution in [-0.4, -0.2) is 23.3 Å². The lowest BCUT2D eigenvalue weighted by Crippen LogP contribution is -2.27. The molecular weight excluding hydrogens is 314 g/mol. The molecule has 130 valence electrons. The summed E-state index contributed by atoms with van der Waals surface area (Å²) in [4.78, 5) is 26.4. The van der Waals surface area contributed by atoms with E-state index in [9.17, 15) is 9.59 Å². The fourth-order valence-corrected chi connectivity index (χ4v) is 3.10. The number of nitrogens with zero attached hydrogens (tertiary/aromatic N) is 1. The van der Waals surface area contributed by atoms with Crippen molar-refractivity contribution in [1.82, 2.24) is 4.90 Å². The predicted molar refractivity (Wildman–Crippen MR) is 96.3 cm³/mol. The summed E-state index contributed by atoms with van der Waals surface area (Å²) < 4.78 is 5.53. The molecule has 4 nitrogen and oxygen atoms in total. The van der Waals surface area contributed by atoms with E-state index in [1.807, 2.05) is 63.2 Å². The quantitative estimate of drug-likeness (QED) is 0.633. The molecule has 0 saturated carbocycles. The number of esters is 1. The molecule has 1 aliphatic rings. The van der Waals surface area contributed by atoms with Gasteiger partial charge < -0.3 is 9.64 Å². The summed E-state index contributed by atoms with van der Waals surface area (Å²) in [6.07, 6.45) is 0.218. The maximum atomic E-state index is 12.4. The topological polar surface area (TPSA) is 46.6 Å². The number of benzene rings is 2. The number of aryl methyl sites for hydroxylation is 3. The van der Waals surface area contributed by atoms with Crippen molar-refractivity contribution in [1.29, 1.82) is 0 Å². The maximum Gasteiger partial charge on any atom is 0.316 e. The van der Waals surface area contributed by atoms with Gasteiger partial charge >= 0.3 is 5.97 Å². The molecule has 1 saturated heterocycles. The Morgan fingerprint density at radius 2 is 1.76 bits per heavy atom. The van der Waals surface area contributed by atoms with Gasteiger partial charge in [-0.05, 0) is 38.0 Å². The minimum absolute atomic E-state index is 0.00292. The Morgan fingerprint density at radius 3 is 2.44 bits per heavy atom. The molecule has 1 atom stereocenters. The van der Waals surface area contributed by atoms with E-state index in [4.69, 9.17) is 4.74 Å². The molecule has 0 aromatic heterocycles. The highest BCUT2D eigenvalue weighted by atomic mass is 16.5. The summed E-state index contributed by atoms with van der Waals surface area (Å²) in [7, 11) is 0. The van der Waals surface area contributed by atoms with E-state index in [1.54, 1.807) is 4.90 Å². The van der Waals surface area contributed by atoms with E-state index in [-0.39, 0.29) is 18.3 Å². The van der Waals surface area contributed by atoms with Crippen LogP contribution in [0.2, 0.25) is 0 Å². The number of carbonyl (C=O) groups is 2. The molecule has 0 aliphatic carbocycles. The predicted octanol–water partition coefficient (Wildman–Crippen LogP) is 3.57. The smallest absolute Gasteiger partial charge is 0.316 e. The first kappa shape index (κ1) is 17.2. The summed E-state index contributed by atoms with van der Waals surface area (Å²) in [5.41, 5.74) is 4.31. The molecular formula is C21H23NO3. The average molecular weight is 337 g/mol. The van der Waals surface area contributed by atoms with Crippen molar-refractivity contribution in [2.75, 3.05) is 6.54 Å². The number of carbonyl (C=O) groups excluding carboxylic acids is 2. The van der Waals surface area contributed by atoms with Crippen LogP contribution in [0.5, 0.6) is 5.75 Å². The SMILES string of the molecule is Cc1ccc(CN2C[C@H](C(=O)Oc3ccc(C)cc3C)CC2=O)cc1. The molecule has 2 aromatic rings. The van der Waals surface area contributed by atoms with Gasteiger partial charge in [0.05, 0.1) is 5.92 Å². The zero-order valence-corrected chi connectivity index (χ0v) is 14.9. The minimum atomic E-state index is -0.404. The van der Waals surface area contributed by atoms with Crippen LogP contribution in [0.25, 0.3) is 0 Å². The van der Waals surface area contributed by atoms with Crippen LogP contribution in [0.3, 0.4) is 0 Å². The average Bonchev–Trinajstić information content (AvgIpc) is 2.93. The molecule has 3 rings (SSSR count). The summed E-state index contributed by atoms with van der Waals surface area (Å²) in [5.74, 6) is -0.159. The van der Waals surface area contributed by atoms with Gasteiger partial charge in [0.1, 0.15) is 5.75 Å². The summed E-state index contributed by atoms with van der Waals surface area (Å²) in [6, 6.07) is 13.8. The van der Waals surface area contributed by atoms with E-state index < -0.39 is 5.92 Å². The first-order valence-corrected chi connectivity index (χ1v) is 8.54. The van der Waals surface area contributed by atoms with E-state index >= 15 is 0 Å². The zero-order valence-electron chi connectivity index (χ0n) is 14.9. The highest BCUT2D eigenvalue weighted by Gasteiger charge is 2.35. The van der Waals surface area contributed by atoms with E-state index in [0.717, 1.165) is 16.7 Å². The van der Waals surface area contributed by atoms with Crippen molar-refractivity contribution < 1.29 is 14.3 Å². The van der Waals surface area contributed by atoms with Crippen molar-refractivity contribution in [2.45, 2.75) is 33.7 Å². The Morgan fingerprint density at radius 1 is 1.08 bits per heavy atom. The molecule has 0 N–H and O–H groups in total. The molecule has 25 heavy (non-hydrogen) atoms. The first-order chi connectivity index (χ1) is 11.9. The second kappa shape index (κ2) is 7.09. The van der Waals surface area contributed by atoms with Crippen molar-refractivity contribution >= 4 is 11.9 Å². The number of likely N-dealkylation sites (tertiary alicyclic amines) is 1. The van der Waals surface area contributed by atoms with Gasteiger partial charge in [-0.25, -0.2) is 0 Å². The largest absolute Gasteiger partial charge is 0.426 e. The highest BCUT2D eigenvalue weighted by molar-refractivity contribution is 5.87. The van der Waals surface area contributed by atoms with Gasteiger partial charge in [-0.3, -0.25) is 9.59 Å². The molecule has 1 amide bonds. The molecule has 4 heteroatoms. The van der Waals surface area contributed by atoms with E-state index in [0.29, 0.717) is 18.8 Å². The van der Waals surface area contributed by atoms with Crippen molar-refractivity contribution in [3.63, 3.8) is 0 Å². The molecule has 0 spiro atoms. The highest BCUT2D eigenvalue weighted by Crippen LogP contribution is 2.25. The number of amides is 1. The minimum Gasteiger partial charge on any atom is -0.426 e. The van der Waals surface area contributed by atoms with Gasteiger partial charge in [-0.1, -0.05) is 47.5 Å². The second-order valence-corrected chi connectivity index (χ2v) is 6.85. The van der Waals surface area contributed by atoms with Crippen LogP contribution in [0.1, 0.15) is 28.7 Å². The normalized spacial score (nSPS) is 17.0. The van der Waals surface area contributed by atoms with Crippen molar-refractivity contribution in [3.8, 4) is 5.75 Å². The van der Waals surface area contributed by atoms with Gasteiger partial charge in [0.15, 0.2) is 0 Å². The van der Waals surface area contributed by atoms with Crippen LogP contribution in [0, 0.1) is 26.7 Å². The Hall–Kier alpha value is -2.62. The zero-order chi connectivity index (χ0) is 18.0. The Kier molecular flexibility index (Phi) is 4.88. The Labute approximate surface area is 148 Å². The third kappa shape index (κ3) is 4.08. The van der Waals surface area contributed by atoms with Gasteiger partial charge in [0.25, 0.3) is 0 Å². The molecule has 0 unspecified atom stereocenters. The standard InChI is InChI=1S/C21H23NO3/c1-14-4-7-17(8-5-14)12-22-13-18(11-20(22)23)21(24)25-19-9-6-15(2)10-16(19)3/h4-10,18H,11-13H2,1-3H3/t18-/m1/s1. The third-order valence-corrected chi connectivity index (χ3v) is 4.58. The molecule has 1 fully saturated rings. The fourth-order valence-electron chi connectivity index (χ4n) is 3.10. The summed E-state index contributed by atoms with van der Waals surface area (Å²) in [5, 5.41) is 0. The Balaban J connectivity index is 1.63. The van der Waals surface area contributed by atoms with E-state index in [1.165, 1.54) is 5.56 Å². The maximum absolute atomic E-state index is 12.4. The van der Waals surface area contributed by atoms with Gasteiger partial charge in [0.2, 0.25) is 5.91 Å². The molecule has 2 aromatic carbocycles. The van der Waals surface area contributed by atoms with Gasteiger partial charge in [-0.15, -0.1) is 0 Å². The number of hydrogen-bond donors (Lipinski definition) is 0. The lowest BCUT2D eigenvalue weighted by Gasteiger charge is -2.17. The lowest BCUT2D eigenvalue weighted by atomic mass is 10.1. The first-order valence-electron chi connectivity index (χ1n) is 8.54. The van der Waals surface area contributed by atoms with Gasteiger partial charge in [-0.2, -0.15) is 0 Å².